The molecular weight excluding hydrogens is 445 g/mol. The first-order valence-corrected chi connectivity index (χ1v) is 7.91. The van der Waals surface area contributed by atoms with Gasteiger partial charge in [0.05, 0.1) is 5.69 Å². The molecule has 2 aromatic rings. The van der Waals surface area contributed by atoms with Crippen molar-refractivity contribution in [3.05, 3.63) is 65.9 Å². The lowest BCUT2D eigenvalue weighted by molar-refractivity contribution is -0.144. The highest BCUT2D eigenvalue weighted by molar-refractivity contribution is 9.12. The molecule has 0 radical (unpaired) electrons. The van der Waals surface area contributed by atoms with Crippen LogP contribution < -0.4 is 11.2 Å². The Kier molecular flexibility index (Phi) is 5.47. The fourth-order valence-electron chi connectivity index (χ4n) is 2.11. The Bertz CT molecular complexity index is 1040. The van der Waals surface area contributed by atoms with Crippen molar-refractivity contribution in [2.75, 3.05) is 0 Å². The van der Waals surface area contributed by atoms with E-state index in [0.29, 0.717) is 15.2 Å². The van der Waals surface area contributed by atoms with Crippen molar-refractivity contribution in [3.8, 4) is 5.69 Å². The predicted octanol–water partition coefficient (Wildman–Crippen LogP) is 3.03. The number of alkyl halides is 3. The molecule has 6 nitrogen and oxygen atoms in total. The van der Waals surface area contributed by atoms with Crippen LogP contribution in [0.4, 0.5) is 13.2 Å². The molecule has 138 valence electrons. The number of benzene rings is 1. The molecule has 1 N–H and O–H groups in total. The van der Waals surface area contributed by atoms with Crippen molar-refractivity contribution in [1.29, 1.82) is 0 Å². The van der Waals surface area contributed by atoms with Crippen LogP contribution in [0.25, 0.3) is 11.8 Å². The van der Waals surface area contributed by atoms with E-state index < -0.39 is 29.1 Å². The number of carbonyl (C=O) groups is 1. The number of rotatable bonds is 3. The second-order valence-corrected chi connectivity index (χ2v) is 6.31. The van der Waals surface area contributed by atoms with E-state index in [4.69, 9.17) is 16.7 Å². The van der Waals surface area contributed by atoms with Crippen LogP contribution in [0.1, 0.15) is 11.3 Å². The highest BCUT2D eigenvalue weighted by atomic mass is 79.9. The van der Waals surface area contributed by atoms with Gasteiger partial charge in [0, 0.05) is 18.1 Å². The molecule has 0 unspecified atom stereocenters. The molecule has 0 aliphatic carbocycles. The first-order valence-electron chi connectivity index (χ1n) is 6.74. The van der Waals surface area contributed by atoms with Crippen LogP contribution in [-0.2, 0) is 18.0 Å². The highest BCUT2D eigenvalue weighted by Gasteiger charge is 2.35. The third-order valence-electron chi connectivity index (χ3n) is 3.33. The lowest BCUT2D eigenvalue weighted by Gasteiger charge is -2.14. The maximum Gasteiger partial charge on any atom is 0.431 e. The average molecular weight is 454 g/mol. The Labute approximate surface area is 156 Å². The predicted molar refractivity (Wildman–Crippen MR) is 91.8 cm³/mol. The molecule has 0 aliphatic rings. The van der Waals surface area contributed by atoms with Crippen molar-refractivity contribution < 1.29 is 23.1 Å². The zero-order valence-electron chi connectivity index (χ0n) is 12.8. The molecule has 1 aromatic carbocycles. The van der Waals surface area contributed by atoms with Crippen molar-refractivity contribution in [1.82, 2.24) is 9.13 Å². The number of aromatic nitrogens is 2. The zero-order chi connectivity index (χ0) is 19.8. The van der Waals surface area contributed by atoms with Gasteiger partial charge in [-0.25, -0.2) is 14.2 Å². The summed E-state index contributed by atoms with van der Waals surface area (Å²) in [5, 5.41) is 8.99. The van der Waals surface area contributed by atoms with E-state index in [1.807, 2.05) is 0 Å². The zero-order valence-corrected chi connectivity index (χ0v) is 15.2. The van der Waals surface area contributed by atoms with Gasteiger partial charge in [0.2, 0.25) is 0 Å². The Morgan fingerprint density at radius 2 is 1.88 bits per heavy atom. The number of aliphatic carboxylic acids is 1. The molecule has 11 heteroatoms. The quantitative estimate of drug-likeness (QED) is 0.725. The monoisotopic (exact) mass is 452 g/mol. The number of hydrogen-bond acceptors (Lipinski definition) is 3. The van der Waals surface area contributed by atoms with Gasteiger partial charge >= 0.3 is 17.8 Å². The normalized spacial score (nSPS) is 12.3. The van der Waals surface area contributed by atoms with Crippen LogP contribution in [0.3, 0.4) is 0 Å². The molecule has 0 fully saturated rings. The van der Waals surface area contributed by atoms with Crippen LogP contribution in [0, 0.1) is 0 Å². The van der Waals surface area contributed by atoms with Crippen molar-refractivity contribution in [3.63, 3.8) is 0 Å². The smallest absolute Gasteiger partial charge is 0.431 e. The summed E-state index contributed by atoms with van der Waals surface area (Å²) < 4.78 is 39.2. The van der Waals surface area contributed by atoms with Crippen molar-refractivity contribution >= 4 is 39.6 Å². The summed E-state index contributed by atoms with van der Waals surface area (Å²) in [5.74, 6) is -1.28. The van der Waals surface area contributed by atoms with E-state index in [2.05, 4.69) is 15.9 Å². The molecule has 1 aromatic heterocycles. The number of hydrogen-bond donors (Lipinski definition) is 1. The van der Waals surface area contributed by atoms with Gasteiger partial charge in [0.25, 0.3) is 5.56 Å². The van der Waals surface area contributed by atoms with E-state index in [-0.39, 0.29) is 20.8 Å². The number of nitrogens with zero attached hydrogens (tertiary/aromatic N) is 2. The van der Waals surface area contributed by atoms with Gasteiger partial charge in [-0.2, -0.15) is 13.2 Å². The van der Waals surface area contributed by atoms with Gasteiger partial charge in [-0.3, -0.25) is 9.36 Å². The SMILES string of the molecule is Cn1c(C(F)(F)F)cc(=O)n(-c2ccc(Cl)c(C=C(Br)C(=O)O)c2)c1=O. The highest BCUT2D eigenvalue weighted by Crippen LogP contribution is 2.27. The number of carboxylic acid groups (broad SMARTS) is 1. The second-order valence-electron chi connectivity index (χ2n) is 5.05. The van der Waals surface area contributed by atoms with Gasteiger partial charge in [0.15, 0.2) is 0 Å². The third-order valence-corrected chi connectivity index (χ3v) is 4.25. The van der Waals surface area contributed by atoms with Gasteiger partial charge < -0.3 is 5.11 Å². The standard InChI is InChI=1S/C15H9BrClF3N2O4/c1-21-11(15(18,19)20)6-12(23)22(14(21)26)8-2-3-10(17)7(4-8)5-9(16)13(24)25/h2-6H,1H3,(H,24,25). The van der Waals surface area contributed by atoms with Gasteiger partial charge in [-0.15, -0.1) is 0 Å². The van der Waals surface area contributed by atoms with E-state index in [1.165, 1.54) is 18.2 Å². The molecule has 0 bridgehead atoms. The van der Waals surface area contributed by atoms with E-state index in [9.17, 15) is 27.6 Å². The maximum atomic E-state index is 12.9. The summed E-state index contributed by atoms with van der Waals surface area (Å²) in [7, 11) is 0.888. The second kappa shape index (κ2) is 7.12. The summed E-state index contributed by atoms with van der Waals surface area (Å²) >= 11 is 8.76. The minimum Gasteiger partial charge on any atom is -0.477 e. The van der Waals surface area contributed by atoms with Crippen molar-refractivity contribution in [2.24, 2.45) is 7.05 Å². The molecule has 2 rings (SSSR count). The molecule has 0 spiro atoms. The van der Waals surface area contributed by atoms with Crippen molar-refractivity contribution in [2.45, 2.75) is 6.18 Å². The Morgan fingerprint density at radius 1 is 1.27 bits per heavy atom. The topological polar surface area (TPSA) is 81.3 Å². The molecule has 0 saturated carbocycles. The lowest BCUT2D eigenvalue weighted by Crippen LogP contribution is -2.40. The van der Waals surface area contributed by atoms with Crippen LogP contribution in [0.15, 0.2) is 38.3 Å². The van der Waals surface area contributed by atoms with Crippen LogP contribution >= 0.6 is 27.5 Å². The molecule has 1 heterocycles. The fraction of sp³-hybridized carbons (Fsp3) is 0.133. The van der Waals surface area contributed by atoms with E-state index in [1.54, 1.807) is 0 Å². The van der Waals surface area contributed by atoms with E-state index in [0.717, 1.165) is 13.1 Å². The average Bonchev–Trinajstić information content (AvgIpc) is 2.52. The van der Waals surface area contributed by atoms with Gasteiger partial charge in [-0.05, 0) is 45.8 Å². The Balaban J connectivity index is 2.73. The van der Waals surface area contributed by atoms with Gasteiger partial charge in [0.1, 0.15) is 10.2 Å². The summed E-state index contributed by atoms with van der Waals surface area (Å²) in [6.45, 7) is 0. The molecular formula is C15H9BrClF3N2O4. The van der Waals surface area contributed by atoms with Gasteiger partial charge in [-0.1, -0.05) is 11.6 Å². The van der Waals surface area contributed by atoms with E-state index >= 15 is 0 Å². The largest absolute Gasteiger partial charge is 0.477 e. The molecule has 0 saturated heterocycles. The number of carboxylic acids is 1. The van der Waals surface area contributed by atoms with Crippen LogP contribution in [0.2, 0.25) is 5.02 Å². The maximum absolute atomic E-state index is 12.9. The van der Waals surface area contributed by atoms with Crippen LogP contribution in [0.5, 0.6) is 0 Å². The lowest BCUT2D eigenvalue weighted by atomic mass is 10.2. The van der Waals surface area contributed by atoms with Crippen LogP contribution in [-0.4, -0.2) is 20.2 Å². The molecule has 0 atom stereocenters. The molecule has 0 aliphatic heterocycles. The molecule has 26 heavy (non-hydrogen) atoms. The molecule has 0 amide bonds. The first-order chi connectivity index (χ1) is 11.9. The third kappa shape index (κ3) is 3.91. The fourth-order valence-corrected chi connectivity index (χ4v) is 2.53. The summed E-state index contributed by atoms with van der Waals surface area (Å²) in [6.07, 6.45) is -3.74. The minimum atomic E-state index is -4.87. The minimum absolute atomic E-state index is 0.0642. The summed E-state index contributed by atoms with van der Waals surface area (Å²) in [5.41, 5.74) is -3.70. The number of halogens is 5. The summed E-state index contributed by atoms with van der Waals surface area (Å²) in [6, 6.07) is 4.06. The Morgan fingerprint density at radius 3 is 2.42 bits per heavy atom. The summed E-state index contributed by atoms with van der Waals surface area (Å²) in [4.78, 5) is 35.2. The first kappa shape index (κ1) is 20.0. The Hall–Kier alpha value is -2.33.